The van der Waals surface area contributed by atoms with Crippen LogP contribution in [0.15, 0.2) is 18.2 Å². The van der Waals surface area contributed by atoms with E-state index in [0.29, 0.717) is 23.2 Å². The second-order valence-electron chi connectivity index (χ2n) is 4.65. The number of rotatable bonds is 4. The van der Waals surface area contributed by atoms with Crippen LogP contribution in [0.5, 0.6) is 0 Å². The Morgan fingerprint density at radius 2 is 2.11 bits per heavy atom. The molecule has 1 aromatic carbocycles. The van der Waals surface area contributed by atoms with Crippen LogP contribution in [0.4, 0.5) is 10.5 Å². The number of anilines is 1. The molecule has 1 aromatic rings. The number of nitrogens with two attached hydrogens (primary N) is 1. The van der Waals surface area contributed by atoms with Crippen molar-refractivity contribution in [2.24, 2.45) is 11.7 Å². The van der Waals surface area contributed by atoms with Crippen LogP contribution in [0.3, 0.4) is 0 Å². The van der Waals surface area contributed by atoms with Crippen LogP contribution in [0.25, 0.3) is 0 Å². The Bertz CT molecular complexity index is 421. The summed E-state index contributed by atoms with van der Waals surface area (Å²) in [5, 5.41) is 6.20. The van der Waals surface area contributed by atoms with Crippen LogP contribution in [0.2, 0.25) is 5.02 Å². The summed E-state index contributed by atoms with van der Waals surface area (Å²) in [5.74, 6) is 0.294. The van der Waals surface area contributed by atoms with Crippen molar-refractivity contribution in [3.05, 3.63) is 28.8 Å². The topological polar surface area (TPSA) is 67.2 Å². The molecule has 0 spiro atoms. The number of carbonyl (C=O) groups excluding carboxylic acids is 1. The minimum absolute atomic E-state index is 0.0362. The number of halogens is 1. The number of amides is 2. The number of carbonyl (C=O) groups is 1. The van der Waals surface area contributed by atoms with E-state index in [1.54, 1.807) is 6.07 Å². The number of aryl methyl sites for hydroxylation is 1. The third kappa shape index (κ3) is 4.20. The summed E-state index contributed by atoms with van der Waals surface area (Å²) < 4.78 is 0. The third-order valence-corrected chi connectivity index (χ3v) is 3.21. The molecule has 0 aromatic heterocycles. The standard InChI is InChI=1S/C13H20ClN3O/c1-8(2)12(7-15)17-13(18)16-10-5-4-9(3)11(14)6-10/h4-6,8,12H,7,15H2,1-3H3,(H2,16,17,18). The molecular weight excluding hydrogens is 250 g/mol. The van der Waals surface area contributed by atoms with Crippen molar-refractivity contribution in [2.75, 3.05) is 11.9 Å². The summed E-state index contributed by atoms with van der Waals surface area (Å²) in [6.07, 6.45) is 0. The van der Waals surface area contributed by atoms with Crippen LogP contribution in [0, 0.1) is 12.8 Å². The molecule has 1 unspecified atom stereocenters. The third-order valence-electron chi connectivity index (χ3n) is 2.80. The fourth-order valence-corrected chi connectivity index (χ4v) is 1.68. The van der Waals surface area contributed by atoms with Gasteiger partial charge in [0.05, 0.1) is 0 Å². The zero-order chi connectivity index (χ0) is 13.7. The summed E-state index contributed by atoms with van der Waals surface area (Å²) in [7, 11) is 0. The van der Waals surface area contributed by atoms with Gasteiger partial charge in [0.2, 0.25) is 0 Å². The maximum Gasteiger partial charge on any atom is 0.319 e. The summed E-state index contributed by atoms with van der Waals surface area (Å²) in [6, 6.07) is 5.10. The minimum Gasteiger partial charge on any atom is -0.334 e. The van der Waals surface area contributed by atoms with Crippen molar-refractivity contribution >= 4 is 23.3 Å². The Labute approximate surface area is 113 Å². The molecule has 4 nitrogen and oxygen atoms in total. The molecule has 0 saturated heterocycles. The molecular formula is C13H20ClN3O. The second-order valence-corrected chi connectivity index (χ2v) is 5.06. The van der Waals surface area contributed by atoms with Gasteiger partial charge < -0.3 is 16.4 Å². The van der Waals surface area contributed by atoms with Crippen molar-refractivity contribution in [3.63, 3.8) is 0 Å². The van der Waals surface area contributed by atoms with Gasteiger partial charge in [0.1, 0.15) is 0 Å². The highest BCUT2D eigenvalue weighted by atomic mass is 35.5. The van der Waals surface area contributed by atoms with Crippen molar-refractivity contribution in [2.45, 2.75) is 26.8 Å². The van der Waals surface area contributed by atoms with E-state index in [-0.39, 0.29) is 12.1 Å². The van der Waals surface area contributed by atoms with Gasteiger partial charge in [0.15, 0.2) is 0 Å². The number of hydrogen-bond acceptors (Lipinski definition) is 2. The van der Waals surface area contributed by atoms with Gasteiger partial charge >= 0.3 is 6.03 Å². The largest absolute Gasteiger partial charge is 0.334 e. The van der Waals surface area contributed by atoms with Gasteiger partial charge in [-0.15, -0.1) is 0 Å². The summed E-state index contributed by atoms with van der Waals surface area (Å²) in [4.78, 5) is 11.8. The zero-order valence-corrected chi connectivity index (χ0v) is 11.7. The molecule has 5 heteroatoms. The number of hydrogen-bond donors (Lipinski definition) is 3. The van der Waals surface area contributed by atoms with E-state index in [0.717, 1.165) is 5.56 Å². The quantitative estimate of drug-likeness (QED) is 0.787. The normalized spacial score (nSPS) is 12.3. The Morgan fingerprint density at radius 1 is 1.44 bits per heavy atom. The molecule has 0 aliphatic heterocycles. The lowest BCUT2D eigenvalue weighted by atomic mass is 10.1. The molecule has 18 heavy (non-hydrogen) atoms. The van der Waals surface area contributed by atoms with Crippen LogP contribution in [0.1, 0.15) is 19.4 Å². The number of urea groups is 1. The Kier molecular flexibility index (Phi) is 5.44. The highest BCUT2D eigenvalue weighted by Gasteiger charge is 2.14. The van der Waals surface area contributed by atoms with Crippen LogP contribution < -0.4 is 16.4 Å². The molecule has 0 aliphatic rings. The first-order valence-electron chi connectivity index (χ1n) is 5.97. The van der Waals surface area contributed by atoms with E-state index in [9.17, 15) is 4.79 Å². The summed E-state index contributed by atoms with van der Waals surface area (Å²) in [6.45, 7) is 6.36. The van der Waals surface area contributed by atoms with Crippen molar-refractivity contribution in [1.29, 1.82) is 0 Å². The highest BCUT2D eigenvalue weighted by molar-refractivity contribution is 6.31. The minimum atomic E-state index is -0.265. The monoisotopic (exact) mass is 269 g/mol. The molecule has 0 aliphatic carbocycles. The predicted molar refractivity (Wildman–Crippen MR) is 76.0 cm³/mol. The van der Waals surface area contributed by atoms with Gasteiger partial charge in [-0.25, -0.2) is 4.79 Å². The average molecular weight is 270 g/mol. The first kappa shape index (κ1) is 14.8. The van der Waals surface area contributed by atoms with E-state index in [1.165, 1.54) is 0 Å². The van der Waals surface area contributed by atoms with E-state index in [2.05, 4.69) is 10.6 Å². The van der Waals surface area contributed by atoms with Crippen LogP contribution >= 0.6 is 11.6 Å². The lowest BCUT2D eigenvalue weighted by Gasteiger charge is -2.20. The van der Waals surface area contributed by atoms with Crippen LogP contribution in [-0.4, -0.2) is 18.6 Å². The average Bonchev–Trinajstić information content (AvgIpc) is 2.30. The molecule has 0 radical (unpaired) electrons. The lowest BCUT2D eigenvalue weighted by Crippen LogP contribution is -2.45. The summed E-state index contributed by atoms with van der Waals surface area (Å²) >= 11 is 5.99. The van der Waals surface area contributed by atoms with Crippen molar-refractivity contribution in [1.82, 2.24) is 5.32 Å². The maximum atomic E-state index is 11.8. The van der Waals surface area contributed by atoms with E-state index in [1.807, 2.05) is 32.9 Å². The van der Waals surface area contributed by atoms with Gasteiger partial charge in [-0.2, -0.15) is 0 Å². The molecule has 4 N–H and O–H groups in total. The molecule has 2 amide bonds. The zero-order valence-electron chi connectivity index (χ0n) is 11.0. The Hall–Kier alpha value is -1.26. The van der Waals surface area contributed by atoms with Gasteiger partial charge in [0.25, 0.3) is 0 Å². The second kappa shape index (κ2) is 6.61. The smallest absolute Gasteiger partial charge is 0.319 e. The van der Waals surface area contributed by atoms with E-state index < -0.39 is 0 Å². The Balaban J connectivity index is 2.61. The first-order chi connectivity index (χ1) is 8.43. The molecule has 0 bridgehead atoms. The van der Waals surface area contributed by atoms with Crippen molar-refractivity contribution < 1.29 is 4.79 Å². The van der Waals surface area contributed by atoms with Gasteiger partial charge in [0, 0.05) is 23.3 Å². The Morgan fingerprint density at radius 3 is 2.61 bits per heavy atom. The fourth-order valence-electron chi connectivity index (χ4n) is 1.50. The molecule has 1 atom stereocenters. The molecule has 0 heterocycles. The SMILES string of the molecule is Cc1ccc(NC(=O)NC(CN)C(C)C)cc1Cl. The highest BCUT2D eigenvalue weighted by Crippen LogP contribution is 2.19. The number of benzene rings is 1. The van der Waals surface area contributed by atoms with Gasteiger partial charge in [-0.05, 0) is 30.5 Å². The molecule has 100 valence electrons. The fraction of sp³-hybridized carbons (Fsp3) is 0.462. The first-order valence-corrected chi connectivity index (χ1v) is 6.35. The predicted octanol–water partition coefficient (Wildman–Crippen LogP) is 2.75. The van der Waals surface area contributed by atoms with Crippen molar-refractivity contribution in [3.8, 4) is 0 Å². The van der Waals surface area contributed by atoms with Gasteiger partial charge in [-0.3, -0.25) is 0 Å². The molecule has 1 rings (SSSR count). The van der Waals surface area contributed by atoms with Crippen LogP contribution in [-0.2, 0) is 0 Å². The van der Waals surface area contributed by atoms with E-state index >= 15 is 0 Å². The molecule has 0 fully saturated rings. The maximum absolute atomic E-state index is 11.8. The molecule has 0 saturated carbocycles. The van der Waals surface area contributed by atoms with Gasteiger partial charge in [-0.1, -0.05) is 31.5 Å². The van der Waals surface area contributed by atoms with E-state index in [4.69, 9.17) is 17.3 Å². The summed E-state index contributed by atoms with van der Waals surface area (Å²) in [5.41, 5.74) is 7.24. The number of nitrogens with one attached hydrogen (secondary N) is 2. The lowest BCUT2D eigenvalue weighted by molar-refractivity contribution is 0.245.